The lowest BCUT2D eigenvalue weighted by molar-refractivity contribution is -0.128. The van der Waals surface area contributed by atoms with Gasteiger partial charge in [0.25, 0.3) is 0 Å². The summed E-state index contributed by atoms with van der Waals surface area (Å²) < 4.78 is 5.29. The van der Waals surface area contributed by atoms with Gasteiger partial charge in [0, 0.05) is 38.3 Å². The normalized spacial score (nSPS) is 16.9. The molecule has 1 aliphatic heterocycles. The van der Waals surface area contributed by atoms with E-state index < -0.39 is 6.10 Å². The van der Waals surface area contributed by atoms with Crippen molar-refractivity contribution in [1.29, 1.82) is 0 Å². The standard InChI is InChI=1S/C27H30N2O3/c1-20(27(31)24-10-9-23-19-25(32-2)12-11-22(23)18-24)28-14-16-29(17-15-28)26(30)13-8-21-6-4-3-5-7-21/h3-13,18-20,27,31H,14-17H2,1-2H3/b13-8+. The van der Waals surface area contributed by atoms with Crippen LogP contribution in [0.1, 0.15) is 24.2 Å². The van der Waals surface area contributed by atoms with Crippen LogP contribution in [0.25, 0.3) is 16.8 Å². The number of rotatable bonds is 6. The third kappa shape index (κ3) is 5.01. The molecule has 0 spiro atoms. The van der Waals surface area contributed by atoms with E-state index >= 15 is 0 Å². The van der Waals surface area contributed by atoms with Crippen LogP contribution in [0.4, 0.5) is 0 Å². The number of benzene rings is 3. The third-order valence-electron chi connectivity index (χ3n) is 6.29. The highest BCUT2D eigenvalue weighted by Crippen LogP contribution is 2.27. The average Bonchev–Trinajstić information content (AvgIpc) is 2.86. The fourth-order valence-corrected chi connectivity index (χ4v) is 4.22. The van der Waals surface area contributed by atoms with E-state index in [0.29, 0.717) is 13.1 Å². The number of aliphatic hydroxyl groups is 1. The van der Waals surface area contributed by atoms with E-state index in [1.54, 1.807) is 13.2 Å². The lowest BCUT2D eigenvalue weighted by atomic mass is 9.98. The molecule has 1 fully saturated rings. The first-order valence-electron chi connectivity index (χ1n) is 11.1. The van der Waals surface area contributed by atoms with E-state index in [9.17, 15) is 9.90 Å². The highest BCUT2D eigenvalue weighted by atomic mass is 16.5. The summed E-state index contributed by atoms with van der Waals surface area (Å²) in [6.07, 6.45) is 2.91. The molecule has 2 atom stereocenters. The highest BCUT2D eigenvalue weighted by molar-refractivity contribution is 5.91. The monoisotopic (exact) mass is 430 g/mol. The number of aliphatic hydroxyl groups excluding tert-OH is 1. The van der Waals surface area contributed by atoms with E-state index in [1.165, 1.54) is 0 Å². The fourth-order valence-electron chi connectivity index (χ4n) is 4.22. The SMILES string of the molecule is COc1ccc2cc(C(O)C(C)N3CCN(C(=O)/C=C/c4ccccc4)CC3)ccc2c1. The molecule has 5 heteroatoms. The van der Waals surface area contributed by atoms with Gasteiger partial charge in [0.05, 0.1) is 13.2 Å². The molecule has 166 valence electrons. The minimum Gasteiger partial charge on any atom is -0.497 e. The van der Waals surface area contributed by atoms with Crippen molar-refractivity contribution >= 4 is 22.8 Å². The molecule has 0 radical (unpaired) electrons. The maximum absolute atomic E-state index is 12.5. The number of carbonyl (C=O) groups is 1. The number of piperazine rings is 1. The van der Waals surface area contributed by atoms with Crippen molar-refractivity contribution in [2.45, 2.75) is 19.1 Å². The van der Waals surface area contributed by atoms with Crippen LogP contribution in [0.15, 0.2) is 72.8 Å². The molecule has 3 aromatic carbocycles. The molecule has 0 bridgehead atoms. The van der Waals surface area contributed by atoms with Crippen molar-refractivity contribution in [2.75, 3.05) is 33.3 Å². The number of nitrogens with zero attached hydrogens (tertiary/aromatic N) is 2. The molecule has 5 nitrogen and oxygen atoms in total. The Morgan fingerprint density at radius 3 is 2.38 bits per heavy atom. The van der Waals surface area contributed by atoms with Crippen LogP contribution in [-0.2, 0) is 4.79 Å². The third-order valence-corrected chi connectivity index (χ3v) is 6.29. The number of ether oxygens (including phenoxy) is 1. The van der Waals surface area contributed by atoms with E-state index in [2.05, 4.69) is 11.8 Å². The van der Waals surface area contributed by atoms with Gasteiger partial charge in [-0.1, -0.05) is 48.5 Å². The van der Waals surface area contributed by atoms with Gasteiger partial charge >= 0.3 is 0 Å². The Morgan fingerprint density at radius 2 is 1.66 bits per heavy atom. The smallest absolute Gasteiger partial charge is 0.246 e. The van der Waals surface area contributed by atoms with E-state index in [-0.39, 0.29) is 11.9 Å². The van der Waals surface area contributed by atoms with Gasteiger partial charge in [0.2, 0.25) is 5.91 Å². The molecule has 0 aliphatic carbocycles. The van der Waals surface area contributed by atoms with E-state index in [0.717, 1.165) is 40.7 Å². The molecule has 1 aliphatic rings. The Balaban J connectivity index is 1.35. The number of methoxy groups -OCH3 is 1. The van der Waals surface area contributed by atoms with Crippen LogP contribution in [0.2, 0.25) is 0 Å². The summed E-state index contributed by atoms with van der Waals surface area (Å²) in [5.41, 5.74) is 1.92. The first-order chi connectivity index (χ1) is 15.5. The molecule has 2 unspecified atom stereocenters. The second-order valence-electron chi connectivity index (χ2n) is 8.26. The summed E-state index contributed by atoms with van der Waals surface area (Å²) in [6.45, 7) is 4.86. The first-order valence-corrected chi connectivity index (χ1v) is 11.1. The average molecular weight is 431 g/mol. The Bertz CT molecular complexity index is 1090. The van der Waals surface area contributed by atoms with Crippen molar-refractivity contribution in [2.24, 2.45) is 0 Å². The number of amides is 1. The summed E-state index contributed by atoms with van der Waals surface area (Å²) in [5, 5.41) is 13.2. The fraction of sp³-hybridized carbons (Fsp3) is 0.296. The van der Waals surface area contributed by atoms with E-state index in [1.807, 2.05) is 77.7 Å². The second kappa shape index (κ2) is 9.98. The Kier molecular flexibility index (Phi) is 6.88. The summed E-state index contributed by atoms with van der Waals surface area (Å²) in [4.78, 5) is 16.7. The minimum atomic E-state index is -0.596. The second-order valence-corrected chi connectivity index (χ2v) is 8.26. The molecule has 1 N–H and O–H groups in total. The van der Waals surface area contributed by atoms with Crippen LogP contribution in [-0.4, -0.2) is 60.1 Å². The zero-order chi connectivity index (χ0) is 22.5. The van der Waals surface area contributed by atoms with Gasteiger partial charge in [0.15, 0.2) is 0 Å². The van der Waals surface area contributed by atoms with Crippen LogP contribution >= 0.6 is 0 Å². The predicted octanol–water partition coefficient (Wildman–Crippen LogP) is 4.13. The van der Waals surface area contributed by atoms with Gasteiger partial charge in [-0.05, 0) is 53.1 Å². The van der Waals surface area contributed by atoms with Gasteiger partial charge in [-0.2, -0.15) is 0 Å². The van der Waals surface area contributed by atoms with Crippen molar-refractivity contribution in [1.82, 2.24) is 9.80 Å². The molecular weight excluding hydrogens is 400 g/mol. The molecule has 3 aromatic rings. The minimum absolute atomic E-state index is 0.0339. The summed E-state index contributed by atoms with van der Waals surface area (Å²) in [6, 6.07) is 21.8. The highest BCUT2D eigenvalue weighted by Gasteiger charge is 2.27. The largest absolute Gasteiger partial charge is 0.497 e. The van der Waals surface area contributed by atoms with E-state index in [4.69, 9.17) is 4.74 Å². The Labute approximate surface area is 189 Å². The number of hydrogen-bond donors (Lipinski definition) is 1. The van der Waals surface area contributed by atoms with Crippen molar-refractivity contribution in [3.8, 4) is 5.75 Å². The summed E-state index contributed by atoms with van der Waals surface area (Å²) >= 11 is 0. The zero-order valence-electron chi connectivity index (χ0n) is 18.6. The van der Waals surface area contributed by atoms with Gasteiger partial charge in [0.1, 0.15) is 5.75 Å². The molecule has 0 aromatic heterocycles. The number of fused-ring (bicyclic) bond motifs is 1. The van der Waals surface area contributed by atoms with Gasteiger partial charge in [-0.15, -0.1) is 0 Å². The Morgan fingerprint density at radius 1 is 0.969 bits per heavy atom. The maximum Gasteiger partial charge on any atom is 0.246 e. The molecular formula is C27H30N2O3. The van der Waals surface area contributed by atoms with Crippen LogP contribution in [0.3, 0.4) is 0 Å². The van der Waals surface area contributed by atoms with Crippen LogP contribution < -0.4 is 4.74 Å². The molecule has 1 heterocycles. The van der Waals surface area contributed by atoms with Crippen LogP contribution in [0.5, 0.6) is 5.75 Å². The van der Waals surface area contributed by atoms with Crippen LogP contribution in [0, 0.1) is 0 Å². The molecule has 4 rings (SSSR count). The number of hydrogen-bond acceptors (Lipinski definition) is 4. The topological polar surface area (TPSA) is 53.0 Å². The van der Waals surface area contributed by atoms with Crippen molar-refractivity contribution in [3.63, 3.8) is 0 Å². The Hall–Kier alpha value is -3.15. The molecule has 1 amide bonds. The zero-order valence-corrected chi connectivity index (χ0v) is 18.6. The van der Waals surface area contributed by atoms with Gasteiger partial charge in [-0.3, -0.25) is 9.69 Å². The predicted molar refractivity (Wildman–Crippen MR) is 129 cm³/mol. The molecule has 32 heavy (non-hydrogen) atoms. The van der Waals surface area contributed by atoms with Crippen molar-refractivity contribution in [3.05, 3.63) is 83.9 Å². The quantitative estimate of drug-likeness (QED) is 0.598. The molecule has 1 saturated heterocycles. The molecule has 0 saturated carbocycles. The lowest BCUT2D eigenvalue weighted by Gasteiger charge is -2.39. The van der Waals surface area contributed by atoms with Gasteiger partial charge < -0.3 is 14.7 Å². The lowest BCUT2D eigenvalue weighted by Crippen LogP contribution is -2.52. The van der Waals surface area contributed by atoms with Gasteiger partial charge in [-0.25, -0.2) is 0 Å². The maximum atomic E-state index is 12.5. The summed E-state index contributed by atoms with van der Waals surface area (Å²) in [7, 11) is 1.66. The summed E-state index contributed by atoms with van der Waals surface area (Å²) in [5.74, 6) is 0.858. The number of carbonyl (C=O) groups excluding carboxylic acids is 1. The first kappa shape index (κ1) is 22.1. The van der Waals surface area contributed by atoms with Crippen molar-refractivity contribution < 1.29 is 14.6 Å².